The number of aromatic nitrogens is 3. The van der Waals surface area contributed by atoms with Gasteiger partial charge in [-0.1, -0.05) is 35.0 Å². The summed E-state index contributed by atoms with van der Waals surface area (Å²) in [6.45, 7) is 4.80. The number of aliphatic hydroxyl groups is 1. The number of hydrogen-bond acceptors (Lipinski definition) is 3. The Morgan fingerprint density at radius 2 is 2.00 bits per heavy atom. The molecule has 0 saturated heterocycles. The van der Waals surface area contributed by atoms with Crippen LogP contribution < -0.4 is 0 Å². The minimum absolute atomic E-state index is 0.499. The maximum absolute atomic E-state index is 10.1. The van der Waals surface area contributed by atoms with E-state index in [1.807, 2.05) is 6.92 Å². The van der Waals surface area contributed by atoms with Gasteiger partial charge in [0.1, 0.15) is 0 Å². The van der Waals surface area contributed by atoms with Crippen molar-refractivity contribution in [2.45, 2.75) is 39.3 Å². The molecule has 1 atom stereocenters. The zero-order valence-electron chi connectivity index (χ0n) is 10.9. The number of hydrogen-bond donors (Lipinski definition) is 1. The lowest BCUT2D eigenvalue weighted by Gasteiger charge is -2.11. The van der Waals surface area contributed by atoms with Gasteiger partial charge in [0.25, 0.3) is 0 Å². The molecule has 2 rings (SSSR count). The summed E-state index contributed by atoms with van der Waals surface area (Å²) in [6, 6.07) is 8.41. The Hall–Kier alpha value is -1.68. The normalized spacial score (nSPS) is 12.6. The molecule has 0 spiro atoms. The van der Waals surface area contributed by atoms with E-state index in [0.29, 0.717) is 6.42 Å². The van der Waals surface area contributed by atoms with E-state index in [1.165, 1.54) is 11.1 Å². The first-order valence-corrected chi connectivity index (χ1v) is 6.32. The van der Waals surface area contributed by atoms with E-state index in [-0.39, 0.29) is 0 Å². The van der Waals surface area contributed by atoms with Crippen molar-refractivity contribution in [2.24, 2.45) is 0 Å². The van der Waals surface area contributed by atoms with Crippen LogP contribution >= 0.6 is 0 Å². The van der Waals surface area contributed by atoms with E-state index < -0.39 is 6.10 Å². The van der Waals surface area contributed by atoms with Crippen molar-refractivity contribution in [3.05, 3.63) is 47.3 Å². The number of aryl methyl sites for hydroxylation is 3. The van der Waals surface area contributed by atoms with Crippen LogP contribution in [0.15, 0.2) is 30.5 Å². The summed E-state index contributed by atoms with van der Waals surface area (Å²) in [4.78, 5) is 0. The summed E-state index contributed by atoms with van der Waals surface area (Å²) < 4.78 is 1.74. The summed E-state index contributed by atoms with van der Waals surface area (Å²) in [5.74, 6) is 0. The second-order valence-electron chi connectivity index (χ2n) is 4.51. The van der Waals surface area contributed by atoms with Gasteiger partial charge >= 0.3 is 0 Å². The van der Waals surface area contributed by atoms with Crippen molar-refractivity contribution in [2.75, 3.05) is 0 Å². The molecule has 0 amide bonds. The average Bonchev–Trinajstić information content (AvgIpc) is 2.86. The van der Waals surface area contributed by atoms with E-state index in [2.05, 4.69) is 41.5 Å². The summed E-state index contributed by atoms with van der Waals surface area (Å²) in [6.07, 6.45) is 2.69. The number of rotatable bonds is 5. The predicted molar refractivity (Wildman–Crippen MR) is 70.2 cm³/mol. The molecule has 2 aromatic rings. The molecule has 1 aromatic carbocycles. The van der Waals surface area contributed by atoms with Crippen molar-refractivity contribution < 1.29 is 5.11 Å². The lowest BCUT2D eigenvalue weighted by molar-refractivity contribution is 0.157. The third-order valence-corrected chi connectivity index (χ3v) is 3.12. The molecule has 0 fully saturated rings. The maximum atomic E-state index is 10.1. The van der Waals surface area contributed by atoms with Crippen molar-refractivity contribution in [1.82, 2.24) is 15.0 Å². The molecular formula is C14H19N3O. The first-order valence-electron chi connectivity index (χ1n) is 6.32. The first-order chi connectivity index (χ1) is 8.70. The zero-order chi connectivity index (χ0) is 13.0. The fourth-order valence-electron chi connectivity index (χ4n) is 1.98. The largest absolute Gasteiger partial charge is 0.387 e. The van der Waals surface area contributed by atoms with Crippen LogP contribution in [0.3, 0.4) is 0 Å². The topological polar surface area (TPSA) is 50.9 Å². The molecule has 1 N–H and O–H groups in total. The standard InChI is InChI=1S/C14H19N3O/c1-3-17-13(10-15-16-17)14(18)9-8-12-6-4-11(2)5-7-12/h4-7,10,14,18H,3,8-9H2,1-2H3. The van der Waals surface area contributed by atoms with Gasteiger partial charge in [0.15, 0.2) is 0 Å². The van der Waals surface area contributed by atoms with E-state index in [9.17, 15) is 5.11 Å². The second kappa shape index (κ2) is 5.78. The quantitative estimate of drug-likeness (QED) is 0.879. The Morgan fingerprint density at radius 3 is 2.67 bits per heavy atom. The fraction of sp³-hybridized carbons (Fsp3) is 0.429. The Kier molecular flexibility index (Phi) is 4.10. The highest BCUT2D eigenvalue weighted by Crippen LogP contribution is 2.18. The number of nitrogens with zero attached hydrogens (tertiary/aromatic N) is 3. The SMILES string of the molecule is CCn1nncc1C(O)CCc1ccc(C)cc1. The lowest BCUT2D eigenvalue weighted by Crippen LogP contribution is -2.08. The zero-order valence-corrected chi connectivity index (χ0v) is 10.9. The molecular weight excluding hydrogens is 226 g/mol. The second-order valence-corrected chi connectivity index (χ2v) is 4.51. The third-order valence-electron chi connectivity index (χ3n) is 3.12. The molecule has 0 aliphatic heterocycles. The van der Waals surface area contributed by atoms with Crippen molar-refractivity contribution >= 4 is 0 Å². The number of aliphatic hydroxyl groups excluding tert-OH is 1. The fourth-order valence-corrected chi connectivity index (χ4v) is 1.98. The molecule has 1 unspecified atom stereocenters. The Bertz CT molecular complexity index is 490. The van der Waals surface area contributed by atoms with E-state index in [0.717, 1.165) is 18.7 Å². The number of benzene rings is 1. The molecule has 1 aromatic heterocycles. The van der Waals surface area contributed by atoms with Gasteiger partial charge in [-0.05, 0) is 32.3 Å². The molecule has 4 heteroatoms. The molecule has 0 radical (unpaired) electrons. The van der Waals surface area contributed by atoms with Gasteiger partial charge in [-0.15, -0.1) is 5.10 Å². The molecule has 0 aliphatic rings. The average molecular weight is 245 g/mol. The highest BCUT2D eigenvalue weighted by Gasteiger charge is 2.13. The van der Waals surface area contributed by atoms with E-state index >= 15 is 0 Å². The highest BCUT2D eigenvalue weighted by molar-refractivity contribution is 5.21. The summed E-state index contributed by atoms with van der Waals surface area (Å²) >= 11 is 0. The van der Waals surface area contributed by atoms with E-state index in [1.54, 1.807) is 10.9 Å². The highest BCUT2D eigenvalue weighted by atomic mass is 16.3. The molecule has 0 saturated carbocycles. The Labute approximate surface area is 107 Å². The monoisotopic (exact) mass is 245 g/mol. The van der Waals surface area contributed by atoms with Gasteiger partial charge < -0.3 is 5.11 Å². The molecule has 1 heterocycles. The van der Waals surface area contributed by atoms with Crippen LogP contribution in [0, 0.1) is 6.92 Å². The van der Waals surface area contributed by atoms with Gasteiger partial charge in [0.05, 0.1) is 18.0 Å². The van der Waals surface area contributed by atoms with Crippen LogP contribution in [0.25, 0.3) is 0 Å². The summed E-state index contributed by atoms with van der Waals surface area (Å²) in [5, 5.41) is 17.9. The van der Waals surface area contributed by atoms with Crippen molar-refractivity contribution in [3.8, 4) is 0 Å². The van der Waals surface area contributed by atoms with Gasteiger partial charge in [-0.2, -0.15) is 0 Å². The smallest absolute Gasteiger partial charge is 0.0976 e. The Balaban J connectivity index is 1.96. The van der Waals surface area contributed by atoms with Gasteiger partial charge in [0.2, 0.25) is 0 Å². The predicted octanol–water partition coefficient (Wildman–Crippen LogP) is 2.27. The van der Waals surface area contributed by atoms with Crippen LogP contribution in [0.4, 0.5) is 0 Å². The minimum atomic E-state index is -0.499. The van der Waals surface area contributed by atoms with Gasteiger partial charge in [0, 0.05) is 6.54 Å². The summed E-state index contributed by atoms with van der Waals surface area (Å²) in [7, 11) is 0. The molecule has 96 valence electrons. The Morgan fingerprint density at radius 1 is 1.28 bits per heavy atom. The summed E-state index contributed by atoms with van der Waals surface area (Å²) in [5.41, 5.74) is 3.30. The van der Waals surface area contributed by atoms with Gasteiger partial charge in [-0.3, -0.25) is 0 Å². The van der Waals surface area contributed by atoms with Crippen molar-refractivity contribution in [1.29, 1.82) is 0 Å². The van der Waals surface area contributed by atoms with Crippen LogP contribution in [0.2, 0.25) is 0 Å². The van der Waals surface area contributed by atoms with Crippen LogP contribution in [-0.4, -0.2) is 20.1 Å². The van der Waals surface area contributed by atoms with Crippen LogP contribution in [0.1, 0.15) is 36.3 Å². The first kappa shape index (κ1) is 12.8. The minimum Gasteiger partial charge on any atom is -0.387 e. The lowest BCUT2D eigenvalue weighted by atomic mass is 10.0. The third kappa shape index (κ3) is 2.96. The maximum Gasteiger partial charge on any atom is 0.0976 e. The van der Waals surface area contributed by atoms with Gasteiger partial charge in [-0.25, -0.2) is 4.68 Å². The van der Waals surface area contributed by atoms with Crippen molar-refractivity contribution in [3.63, 3.8) is 0 Å². The van der Waals surface area contributed by atoms with Crippen LogP contribution in [0.5, 0.6) is 0 Å². The molecule has 0 aliphatic carbocycles. The molecule has 18 heavy (non-hydrogen) atoms. The van der Waals surface area contributed by atoms with Crippen LogP contribution in [-0.2, 0) is 13.0 Å². The molecule has 4 nitrogen and oxygen atoms in total. The van der Waals surface area contributed by atoms with E-state index in [4.69, 9.17) is 0 Å². The molecule has 0 bridgehead atoms.